The largest absolute Gasteiger partial charge is 0.497 e. The molecule has 0 saturated carbocycles. The molecular formula is C18H22N2O3S. The van der Waals surface area contributed by atoms with Crippen molar-refractivity contribution in [2.75, 3.05) is 26.8 Å². The van der Waals surface area contributed by atoms with E-state index in [2.05, 4.69) is 4.98 Å². The van der Waals surface area contributed by atoms with Crippen LogP contribution >= 0.6 is 11.3 Å². The molecule has 1 aromatic heterocycles. The van der Waals surface area contributed by atoms with Crippen LogP contribution in [0.3, 0.4) is 0 Å². The Balaban J connectivity index is 1.71. The van der Waals surface area contributed by atoms with Crippen LogP contribution < -0.4 is 4.74 Å². The van der Waals surface area contributed by atoms with E-state index in [-0.39, 0.29) is 12.0 Å². The lowest BCUT2D eigenvalue weighted by Crippen LogP contribution is -2.43. The van der Waals surface area contributed by atoms with Gasteiger partial charge in [0.25, 0.3) is 5.91 Å². The highest BCUT2D eigenvalue weighted by molar-refractivity contribution is 7.13. The summed E-state index contributed by atoms with van der Waals surface area (Å²) in [5.41, 5.74) is 1.51. The Hall–Kier alpha value is -1.92. The molecule has 3 rings (SSSR count). The van der Waals surface area contributed by atoms with Gasteiger partial charge in [-0.3, -0.25) is 4.79 Å². The molecule has 1 aliphatic rings. The van der Waals surface area contributed by atoms with E-state index in [4.69, 9.17) is 9.47 Å². The molecule has 1 aliphatic heterocycles. The van der Waals surface area contributed by atoms with Gasteiger partial charge in [-0.25, -0.2) is 4.98 Å². The number of nitrogens with zero attached hydrogens (tertiary/aromatic N) is 2. The number of carbonyl (C=O) groups excluding carboxylic acids is 1. The third kappa shape index (κ3) is 3.76. The fraction of sp³-hybridized carbons (Fsp3) is 0.444. The molecule has 0 spiro atoms. The van der Waals surface area contributed by atoms with Gasteiger partial charge in [0.2, 0.25) is 0 Å². The number of likely N-dealkylation sites (tertiary alicyclic amines) is 1. The molecule has 1 amide bonds. The van der Waals surface area contributed by atoms with Crippen molar-refractivity contribution in [3.63, 3.8) is 0 Å². The van der Waals surface area contributed by atoms with Crippen molar-refractivity contribution in [3.8, 4) is 16.3 Å². The first-order valence-corrected chi connectivity index (χ1v) is 9.10. The number of ether oxygens (including phenoxy) is 2. The molecule has 24 heavy (non-hydrogen) atoms. The Morgan fingerprint density at radius 2 is 2.17 bits per heavy atom. The lowest BCUT2D eigenvalue weighted by atomic mass is 10.1. The van der Waals surface area contributed by atoms with Gasteiger partial charge in [-0.15, -0.1) is 11.3 Å². The molecule has 5 nitrogen and oxygen atoms in total. The zero-order valence-electron chi connectivity index (χ0n) is 14.0. The molecule has 1 saturated heterocycles. The van der Waals surface area contributed by atoms with Gasteiger partial charge < -0.3 is 14.4 Å². The van der Waals surface area contributed by atoms with Gasteiger partial charge in [0.05, 0.1) is 13.2 Å². The van der Waals surface area contributed by atoms with E-state index in [9.17, 15) is 4.79 Å². The number of carbonyl (C=O) groups is 1. The van der Waals surface area contributed by atoms with E-state index in [1.165, 1.54) is 11.3 Å². The van der Waals surface area contributed by atoms with Crippen molar-refractivity contribution in [2.24, 2.45) is 0 Å². The molecule has 0 unspecified atom stereocenters. The SMILES string of the molecule is CCO[C@@H]1CCCN(C(=O)c2csc(-c3ccc(OC)cc3)n2)C1. The first kappa shape index (κ1) is 16.9. The normalized spacial score (nSPS) is 17.8. The highest BCUT2D eigenvalue weighted by Gasteiger charge is 2.26. The van der Waals surface area contributed by atoms with Gasteiger partial charge >= 0.3 is 0 Å². The van der Waals surface area contributed by atoms with Crippen molar-refractivity contribution in [1.29, 1.82) is 0 Å². The van der Waals surface area contributed by atoms with Crippen LogP contribution in [0.25, 0.3) is 10.6 Å². The molecule has 2 heterocycles. The number of piperidine rings is 1. The molecule has 0 aliphatic carbocycles. The zero-order chi connectivity index (χ0) is 16.9. The Morgan fingerprint density at radius 1 is 1.38 bits per heavy atom. The lowest BCUT2D eigenvalue weighted by molar-refractivity contribution is 0.00706. The summed E-state index contributed by atoms with van der Waals surface area (Å²) in [5.74, 6) is 0.803. The fourth-order valence-electron chi connectivity index (χ4n) is 2.89. The van der Waals surface area contributed by atoms with Gasteiger partial charge in [0.15, 0.2) is 0 Å². The van der Waals surface area contributed by atoms with Crippen molar-refractivity contribution < 1.29 is 14.3 Å². The average Bonchev–Trinajstić information content (AvgIpc) is 3.12. The first-order chi connectivity index (χ1) is 11.7. The number of methoxy groups -OCH3 is 1. The van der Waals surface area contributed by atoms with Crippen molar-refractivity contribution in [3.05, 3.63) is 35.3 Å². The van der Waals surface area contributed by atoms with E-state index in [1.54, 1.807) is 7.11 Å². The maximum Gasteiger partial charge on any atom is 0.273 e. The molecule has 2 aromatic rings. The van der Waals surface area contributed by atoms with Crippen LogP contribution in [0.2, 0.25) is 0 Å². The van der Waals surface area contributed by atoms with Gasteiger partial charge in [0.1, 0.15) is 16.5 Å². The van der Waals surface area contributed by atoms with Crippen molar-refractivity contribution >= 4 is 17.2 Å². The second kappa shape index (κ2) is 7.77. The smallest absolute Gasteiger partial charge is 0.273 e. The first-order valence-electron chi connectivity index (χ1n) is 8.22. The molecule has 6 heteroatoms. The molecule has 1 atom stereocenters. The summed E-state index contributed by atoms with van der Waals surface area (Å²) in [6.07, 6.45) is 2.14. The standard InChI is InChI=1S/C18H22N2O3S/c1-3-23-15-5-4-10-20(11-15)18(21)16-12-24-17(19-16)13-6-8-14(22-2)9-7-13/h6-9,12,15H,3-5,10-11H2,1-2H3/t15-/m1/s1. The Kier molecular flexibility index (Phi) is 5.48. The second-order valence-corrected chi connectivity index (χ2v) is 6.60. The summed E-state index contributed by atoms with van der Waals surface area (Å²) in [5, 5.41) is 2.69. The Morgan fingerprint density at radius 3 is 2.88 bits per heavy atom. The maximum atomic E-state index is 12.7. The third-order valence-electron chi connectivity index (χ3n) is 4.13. The molecule has 0 N–H and O–H groups in total. The van der Waals surface area contributed by atoms with E-state index >= 15 is 0 Å². The summed E-state index contributed by atoms with van der Waals surface area (Å²) in [4.78, 5) is 19.1. The van der Waals surface area contributed by atoms with Crippen molar-refractivity contribution in [1.82, 2.24) is 9.88 Å². The minimum Gasteiger partial charge on any atom is -0.497 e. The summed E-state index contributed by atoms with van der Waals surface area (Å²) in [7, 11) is 1.64. The minimum absolute atomic E-state index is 0.00425. The molecule has 1 aromatic carbocycles. The second-order valence-electron chi connectivity index (χ2n) is 5.74. The van der Waals surface area contributed by atoms with E-state index in [0.717, 1.165) is 35.7 Å². The lowest BCUT2D eigenvalue weighted by Gasteiger charge is -2.32. The van der Waals surface area contributed by atoms with E-state index < -0.39 is 0 Å². The fourth-order valence-corrected chi connectivity index (χ4v) is 3.69. The molecule has 128 valence electrons. The topological polar surface area (TPSA) is 51.7 Å². The Labute approximate surface area is 146 Å². The number of hydrogen-bond donors (Lipinski definition) is 0. The number of rotatable bonds is 5. The van der Waals surface area contributed by atoms with Crippen molar-refractivity contribution in [2.45, 2.75) is 25.9 Å². The van der Waals surface area contributed by atoms with Crippen LogP contribution in [-0.4, -0.2) is 48.7 Å². The highest BCUT2D eigenvalue weighted by Crippen LogP contribution is 2.26. The number of hydrogen-bond acceptors (Lipinski definition) is 5. The molecule has 0 bridgehead atoms. The number of thiazole rings is 1. The quantitative estimate of drug-likeness (QED) is 0.832. The van der Waals surface area contributed by atoms with Gasteiger partial charge in [-0.1, -0.05) is 0 Å². The molecule has 1 fully saturated rings. The number of aromatic nitrogens is 1. The van der Waals surface area contributed by atoms with E-state index in [1.807, 2.05) is 41.5 Å². The van der Waals surface area contributed by atoms with Gasteiger partial charge in [0, 0.05) is 30.6 Å². The van der Waals surface area contributed by atoms with Crippen LogP contribution in [0.5, 0.6) is 5.75 Å². The van der Waals surface area contributed by atoms with Crippen LogP contribution in [0, 0.1) is 0 Å². The predicted molar refractivity (Wildman–Crippen MR) is 94.7 cm³/mol. The third-order valence-corrected chi connectivity index (χ3v) is 5.02. The molecular weight excluding hydrogens is 324 g/mol. The highest BCUT2D eigenvalue weighted by atomic mass is 32.1. The Bertz CT molecular complexity index is 682. The summed E-state index contributed by atoms with van der Waals surface area (Å²) in [6.45, 7) is 4.10. The monoisotopic (exact) mass is 346 g/mol. The van der Waals surface area contributed by atoms with E-state index in [0.29, 0.717) is 18.8 Å². The zero-order valence-corrected chi connectivity index (χ0v) is 14.8. The van der Waals surface area contributed by atoms with Crippen LogP contribution in [0.4, 0.5) is 0 Å². The predicted octanol–water partition coefficient (Wildman–Crippen LogP) is 3.46. The molecule has 0 radical (unpaired) electrons. The number of amides is 1. The van der Waals surface area contributed by atoms with Gasteiger partial charge in [-0.05, 0) is 44.0 Å². The summed E-state index contributed by atoms with van der Waals surface area (Å²) < 4.78 is 10.8. The van der Waals surface area contributed by atoms with Gasteiger partial charge in [-0.2, -0.15) is 0 Å². The minimum atomic E-state index is -0.00425. The average molecular weight is 346 g/mol. The number of benzene rings is 1. The summed E-state index contributed by atoms with van der Waals surface area (Å²) in [6, 6.07) is 7.71. The van der Waals surface area contributed by atoms with Crippen LogP contribution in [0.1, 0.15) is 30.3 Å². The van der Waals surface area contributed by atoms with Crippen LogP contribution in [0.15, 0.2) is 29.6 Å². The summed E-state index contributed by atoms with van der Waals surface area (Å²) >= 11 is 1.49. The van der Waals surface area contributed by atoms with Crippen LogP contribution in [-0.2, 0) is 4.74 Å². The maximum absolute atomic E-state index is 12.7.